The van der Waals surface area contributed by atoms with Crippen LogP contribution < -0.4 is 5.73 Å². The summed E-state index contributed by atoms with van der Waals surface area (Å²) < 4.78 is 0. The van der Waals surface area contributed by atoms with Gasteiger partial charge in [0.05, 0.1) is 10.6 Å². The van der Waals surface area contributed by atoms with Crippen molar-refractivity contribution in [3.05, 3.63) is 32.8 Å². The minimum Gasteiger partial charge on any atom is -0.397 e. The number of anilines is 1. The molecule has 66 valence electrons. The van der Waals surface area contributed by atoms with E-state index in [2.05, 4.69) is 0 Å². The maximum Gasteiger partial charge on any atom is 0.290 e. The third-order valence-corrected chi connectivity index (χ3v) is 1.64. The SMILES string of the molecule is N#Cc1c(N)cc(Cl)cc1[N+](=O)[O-]. The normalized spacial score (nSPS) is 9.23. The number of nitrogens with two attached hydrogens (primary N) is 1. The van der Waals surface area contributed by atoms with Crippen LogP contribution in [0.25, 0.3) is 0 Å². The van der Waals surface area contributed by atoms with Gasteiger partial charge in [-0.15, -0.1) is 0 Å². The molecular weight excluding hydrogens is 194 g/mol. The molecule has 0 unspecified atom stereocenters. The van der Waals surface area contributed by atoms with E-state index in [4.69, 9.17) is 22.6 Å². The third-order valence-electron chi connectivity index (χ3n) is 1.42. The van der Waals surface area contributed by atoms with Gasteiger partial charge in [0.25, 0.3) is 5.69 Å². The van der Waals surface area contributed by atoms with Crippen molar-refractivity contribution < 1.29 is 4.92 Å². The molecule has 0 radical (unpaired) electrons. The van der Waals surface area contributed by atoms with E-state index in [0.717, 1.165) is 6.07 Å². The van der Waals surface area contributed by atoms with E-state index in [1.807, 2.05) is 0 Å². The highest BCUT2D eigenvalue weighted by atomic mass is 35.5. The molecule has 0 fully saturated rings. The van der Waals surface area contributed by atoms with Crippen molar-refractivity contribution in [2.75, 3.05) is 5.73 Å². The fraction of sp³-hybridized carbons (Fsp3) is 0. The lowest BCUT2D eigenvalue weighted by atomic mass is 10.1. The topological polar surface area (TPSA) is 93.0 Å². The fourth-order valence-electron chi connectivity index (χ4n) is 0.879. The average Bonchev–Trinajstić information content (AvgIpc) is 2.02. The van der Waals surface area contributed by atoms with Crippen LogP contribution in [0, 0.1) is 21.4 Å². The maximum absolute atomic E-state index is 10.4. The van der Waals surface area contributed by atoms with Gasteiger partial charge < -0.3 is 5.73 Å². The summed E-state index contributed by atoms with van der Waals surface area (Å²) in [5.41, 5.74) is 4.85. The molecule has 0 aliphatic carbocycles. The zero-order chi connectivity index (χ0) is 10.0. The number of benzene rings is 1. The molecule has 0 spiro atoms. The van der Waals surface area contributed by atoms with Crippen molar-refractivity contribution in [3.8, 4) is 6.07 Å². The second-order valence-electron chi connectivity index (χ2n) is 2.26. The molecule has 1 rings (SSSR count). The molecule has 0 saturated heterocycles. The van der Waals surface area contributed by atoms with E-state index in [1.165, 1.54) is 6.07 Å². The predicted molar refractivity (Wildman–Crippen MR) is 47.2 cm³/mol. The Morgan fingerprint density at radius 3 is 2.69 bits per heavy atom. The van der Waals surface area contributed by atoms with Gasteiger partial charge in [-0.1, -0.05) is 11.6 Å². The standard InChI is InChI=1S/C7H4ClN3O2/c8-4-1-6(10)5(3-9)7(2-4)11(12)13/h1-2H,10H2. The Bertz CT molecular complexity index is 411. The summed E-state index contributed by atoms with van der Waals surface area (Å²) in [6.07, 6.45) is 0. The molecule has 0 aromatic heterocycles. The number of nitrogen functional groups attached to an aromatic ring is 1. The highest BCUT2D eigenvalue weighted by Crippen LogP contribution is 2.27. The summed E-state index contributed by atoms with van der Waals surface area (Å²) >= 11 is 5.53. The van der Waals surface area contributed by atoms with Gasteiger partial charge in [0, 0.05) is 11.1 Å². The Balaban J connectivity index is 3.50. The Kier molecular flexibility index (Phi) is 2.35. The smallest absolute Gasteiger partial charge is 0.290 e. The lowest BCUT2D eigenvalue weighted by molar-refractivity contribution is -0.385. The summed E-state index contributed by atoms with van der Waals surface area (Å²) in [4.78, 5) is 9.73. The van der Waals surface area contributed by atoms with Gasteiger partial charge in [0.1, 0.15) is 6.07 Å². The van der Waals surface area contributed by atoms with Crippen molar-refractivity contribution in [3.63, 3.8) is 0 Å². The third kappa shape index (κ3) is 1.68. The molecule has 0 amide bonds. The van der Waals surface area contributed by atoms with E-state index in [0.29, 0.717) is 0 Å². The Labute approximate surface area is 78.5 Å². The first-order valence-corrected chi connectivity index (χ1v) is 3.57. The number of hydrogen-bond donors (Lipinski definition) is 1. The molecule has 2 N–H and O–H groups in total. The highest BCUT2D eigenvalue weighted by molar-refractivity contribution is 6.31. The van der Waals surface area contributed by atoms with Crippen molar-refractivity contribution in [1.29, 1.82) is 5.26 Å². The molecule has 0 heterocycles. The summed E-state index contributed by atoms with van der Waals surface area (Å²) in [7, 11) is 0. The number of nitro groups is 1. The van der Waals surface area contributed by atoms with E-state index in [-0.39, 0.29) is 22.0 Å². The summed E-state index contributed by atoms with van der Waals surface area (Å²) in [5, 5.41) is 19.1. The summed E-state index contributed by atoms with van der Waals surface area (Å²) in [5.74, 6) is 0. The van der Waals surface area contributed by atoms with Gasteiger partial charge in [0.2, 0.25) is 0 Å². The van der Waals surface area contributed by atoms with E-state index < -0.39 is 4.92 Å². The highest BCUT2D eigenvalue weighted by Gasteiger charge is 2.17. The van der Waals surface area contributed by atoms with Crippen LogP contribution in [0.3, 0.4) is 0 Å². The largest absolute Gasteiger partial charge is 0.397 e. The van der Waals surface area contributed by atoms with Gasteiger partial charge in [-0.05, 0) is 6.07 Å². The molecule has 0 saturated carbocycles. The van der Waals surface area contributed by atoms with Crippen LogP contribution in [0.15, 0.2) is 12.1 Å². The van der Waals surface area contributed by atoms with Crippen LogP contribution in [0.5, 0.6) is 0 Å². The lowest BCUT2D eigenvalue weighted by Gasteiger charge is -1.99. The lowest BCUT2D eigenvalue weighted by Crippen LogP contribution is -1.97. The summed E-state index contributed by atoms with van der Waals surface area (Å²) in [6, 6.07) is 4.04. The molecule has 0 atom stereocenters. The molecule has 1 aromatic carbocycles. The number of hydrogen-bond acceptors (Lipinski definition) is 4. The number of nitro benzene ring substituents is 1. The molecule has 0 aliphatic rings. The van der Waals surface area contributed by atoms with E-state index >= 15 is 0 Å². The number of rotatable bonds is 1. The van der Waals surface area contributed by atoms with Gasteiger partial charge in [0.15, 0.2) is 5.56 Å². The first-order chi connectivity index (χ1) is 6.06. The van der Waals surface area contributed by atoms with E-state index in [1.54, 1.807) is 6.07 Å². The number of halogens is 1. The number of nitrogens with zero attached hydrogens (tertiary/aromatic N) is 2. The van der Waals surface area contributed by atoms with Crippen LogP contribution in [0.2, 0.25) is 5.02 Å². The molecule has 5 nitrogen and oxygen atoms in total. The van der Waals surface area contributed by atoms with Crippen molar-refractivity contribution in [1.82, 2.24) is 0 Å². The van der Waals surface area contributed by atoms with Crippen molar-refractivity contribution in [2.45, 2.75) is 0 Å². The molecule has 0 aliphatic heterocycles. The van der Waals surface area contributed by atoms with Crippen molar-refractivity contribution >= 4 is 23.0 Å². The molecule has 1 aromatic rings. The second kappa shape index (κ2) is 3.29. The van der Waals surface area contributed by atoms with Gasteiger partial charge in [-0.3, -0.25) is 10.1 Å². The van der Waals surface area contributed by atoms with Crippen molar-refractivity contribution in [2.24, 2.45) is 0 Å². The van der Waals surface area contributed by atoms with Gasteiger partial charge >= 0.3 is 0 Å². The molecule has 0 bridgehead atoms. The van der Waals surface area contributed by atoms with Crippen LogP contribution in [0.1, 0.15) is 5.56 Å². The molecule has 13 heavy (non-hydrogen) atoms. The fourth-order valence-corrected chi connectivity index (χ4v) is 1.10. The summed E-state index contributed by atoms with van der Waals surface area (Å²) in [6.45, 7) is 0. The first-order valence-electron chi connectivity index (χ1n) is 3.19. The van der Waals surface area contributed by atoms with Crippen LogP contribution in [-0.2, 0) is 0 Å². The Hall–Kier alpha value is -1.80. The maximum atomic E-state index is 10.4. The predicted octanol–water partition coefficient (Wildman–Crippen LogP) is 1.70. The minimum absolute atomic E-state index is 0.0155. The van der Waals surface area contributed by atoms with Gasteiger partial charge in [-0.25, -0.2) is 0 Å². The average molecular weight is 198 g/mol. The van der Waals surface area contributed by atoms with Crippen LogP contribution >= 0.6 is 11.6 Å². The first kappa shape index (κ1) is 9.29. The van der Waals surface area contributed by atoms with Gasteiger partial charge in [-0.2, -0.15) is 5.26 Å². The van der Waals surface area contributed by atoms with Crippen LogP contribution in [0.4, 0.5) is 11.4 Å². The molecule has 6 heteroatoms. The molecular formula is C7H4ClN3O2. The zero-order valence-electron chi connectivity index (χ0n) is 6.32. The Morgan fingerprint density at radius 2 is 2.23 bits per heavy atom. The zero-order valence-corrected chi connectivity index (χ0v) is 7.08. The Morgan fingerprint density at radius 1 is 1.62 bits per heavy atom. The monoisotopic (exact) mass is 197 g/mol. The number of nitriles is 1. The quantitative estimate of drug-likeness (QED) is 0.421. The minimum atomic E-state index is -0.694. The second-order valence-corrected chi connectivity index (χ2v) is 2.69. The van der Waals surface area contributed by atoms with Crippen LogP contribution in [-0.4, -0.2) is 4.92 Å². The van der Waals surface area contributed by atoms with E-state index in [9.17, 15) is 10.1 Å².